The number of aliphatic hydroxyl groups is 2. The molecule has 144 valence electrons. The van der Waals surface area contributed by atoms with Gasteiger partial charge in [-0.05, 0) is 17.7 Å². The molecule has 27 heavy (non-hydrogen) atoms. The second-order valence-electron chi connectivity index (χ2n) is 6.24. The minimum absolute atomic E-state index is 0.0364. The number of imidazole rings is 1. The predicted octanol–water partition coefficient (Wildman–Crippen LogP) is -0.0995. The second kappa shape index (κ2) is 7.55. The molecular formula is C17H20ClN5O4. The molecule has 9 nitrogen and oxygen atoms in total. The van der Waals surface area contributed by atoms with Gasteiger partial charge in [-0.2, -0.15) is 4.98 Å². The second-order valence-corrected chi connectivity index (χ2v) is 6.68. The molecule has 3 aromatic rings. The fraction of sp³-hybridized carbons (Fsp3) is 0.353. The van der Waals surface area contributed by atoms with E-state index in [4.69, 9.17) is 16.7 Å². The molecule has 0 spiro atoms. The van der Waals surface area contributed by atoms with E-state index in [1.807, 2.05) is 12.1 Å². The number of aryl methyl sites for hydroxylation is 1. The predicted molar refractivity (Wildman–Crippen MR) is 102 cm³/mol. The fourth-order valence-corrected chi connectivity index (χ4v) is 2.91. The Hall–Kier alpha value is -2.62. The first-order valence-corrected chi connectivity index (χ1v) is 8.64. The molecular weight excluding hydrogens is 374 g/mol. The summed E-state index contributed by atoms with van der Waals surface area (Å²) in [6, 6.07) is 7.14. The Morgan fingerprint density at radius 2 is 1.85 bits per heavy atom. The van der Waals surface area contributed by atoms with Crippen LogP contribution in [0.5, 0.6) is 0 Å². The Balaban J connectivity index is 2.18. The van der Waals surface area contributed by atoms with Gasteiger partial charge in [0.1, 0.15) is 0 Å². The summed E-state index contributed by atoms with van der Waals surface area (Å²) in [6.07, 6.45) is -0.986. The van der Waals surface area contributed by atoms with Gasteiger partial charge in [-0.25, -0.2) is 4.79 Å². The molecule has 1 aromatic carbocycles. The Morgan fingerprint density at radius 1 is 1.19 bits per heavy atom. The number of halogens is 1. The highest BCUT2D eigenvalue weighted by Gasteiger charge is 2.19. The summed E-state index contributed by atoms with van der Waals surface area (Å²) in [7, 11) is 2.95. The van der Waals surface area contributed by atoms with Crippen LogP contribution in [0.15, 0.2) is 33.9 Å². The minimum atomic E-state index is -0.986. The number of nitrogens with one attached hydrogen (secondary N) is 1. The number of aliphatic hydroxyl groups excluding tert-OH is 2. The van der Waals surface area contributed by atoms with Gasteiger partial charge in [0.05, 0.1) is 19.3 Å². The SMILES string of the molecule is Cn1c(=O)c2c(nc(NC[C@H](O)CO)n2Cc2ccc(Cl)cc2)n(C)c1=O. The van der Waals surface area contributed by atoms with Gasteiger partial charge in [0, 0.05) is 25.7 Å². The maximum absolute atomic E-state index is 12.7. The Labute approximate surface area is 159 Å². The van der Waals surface area contributed by atoms with Gasteiger partial charge >= 0.3 is 5.69 Å². The van der Waals surface area contributed by atoms with Crippen LogP contribution in [0, 0.1) is 0 Å². The van der Waals surface area contributed by atoms with Gasteiger partial charge in [0.2, 0.25) is 5.95 Å². The smallest absolute Gasteiger partial charge is 0.332 e. The third-order valence-electron chi connectivity index (χ3n) is 4.31. The van der Waals surface area contributed by atoms with Gasteiger partial charge in [0.15, 0.2) is 11.2 Å². The minimum Gasteiger partial charge on any atom is -0.394 e. The molecule has 1 atom stereocenters. The van der Waals surface area contributed by atoms with Crippen LogP contribution in [-0.4, -0.2) is 48.2 Å². The summed E-state index contributed by atoms with van der Waals surface area (Å²) in [4.78, 5) is 29.3. The lowest BCUT2D eigenvalue weighted by Gasteiger charge is -2.13. The number of nitrogens with zero attached hydrogens (tertiary/aromatic N) is 4. The maximum Gasteiger partial charge on any atom is 0.332 e. The molecule has 0 aliphatic carbocycles. The first kappa shape index (κ1) is 19.2. The highest BCUT2D eigenvalue weighted by Crippen LogP contribution is 2.19. The summed E-state index contributed by atoms with van der Waals surface area (Å²) in [5, 5.41) is 22.2. The zero-order valence-electron chi connectivity index (χ0n) is 14.9. The van der Waals surface area contributed by atoms with Crippen molar-refractivity contribution in [3.63, 3.8) is 0 Å². The molecule has 0 radical (unpaired) electrons. The third kappa shape index (κ3) is 3.61. The van der Waals surface area contributed by atoms with Crippen molar-refractivity contribution in [2.24, 2.45) is 14.1 Å². The van der Waals surface area contributed by atoms with Crippen LogP contribution in [0.2, 0.25) is 5.02 Å². The molecule has 2 aromatic heterocycles. The molecule has 0 saturated heterocycles. The molecule has 3 rings (SSSR count). The van der Waals surface area contributed by atoms with E-state index in [1.165, 1.54) is 18.7 Å². The van der Waals surface area contributed by atoms with Crippen LogP contribution in [-0.2, 0) is 20.6 Å². The molecule has 0 amide bonds. The van der Waals surface area contributed by atoms with Gasteiger partial charge in [-0.1, -0.05) is 23.7 Å². The normalized spacial score (nSPS) is 12.5. The molecule has 3 N–H and O–H groups in total. The first-order chi connectivity index (χ1) is 12.8. The maximum atomic E-state index is 12.7. The number of benzene rings is 1. The lowest BCUT2D eigenvalue weighted by Crippen LogP contribution is -2.37. The number of hydrogen-bond donors (Lipinski definition) is 3. The summed E-state index contributed by atoms with van der Waals surface area (Å²) in [5.74, 6) is 0.311. The lowest BCUT2D eigenvalue weighted by molar-refractivity contribution is 0.105. The molecule has 0 aliphatic rings. The van der Waals surface area contributed by atoms with E-state index in [0.29, 0.717) is 17.5 Å². The number of anilines is 1. The number of fused-ring (bicyclic) bond motifs is 1. The molecule has 0 fully saturated rings. The van der Waals surface area contributed by atoms with Crippen molar-refractivity contribution in [1.82, 2.24) is 18.7 Å². The largest absolute Gasteiger partial charge is 0.394 e. The number of hydrogen-bond acceptors (Lipinski definition) is 6. The topological polar surface area (TPSA) is 114 Å². The van der Waals surface area contributed by atoms with Gasteiger partial charge in [-0.15, -0.1) is 0 Å². The van der Waals surface area contributed by atoms with E-state index in [1.54, 1.807) is 16.7 Å². The van der Waals surface area contributed by atoms with Crippen LogP contribution >= 0.6 is 11.6 Å². The summed E-state index contributed by atoms with van der Waals surface area (Å²) in [5.41, 5.74) is 0.421. The monoisotopic (exact) mass is 393 g/mol. The summed E-state index contributed by atoms with van der Waals surface area (Å²) >= 11 is 5.93. The molecule has 10 heteroatoms. The van der Waals surface area contributed by atoms with Crippen LogP contribution in [0.1, 0.15) is 5.56 Å². The Morgan fingerprint density at radius 3 is 2.48 bits per heavy atom. The van der Waals surface area contributed by atoms with E-state index < -0.39 is 24.0 Å². The fourth-order valence-electron chi connectivity index (χ4n) is 2.78. The quantitative estimate of drug-likeness (QED) is 0.539. The highest BCUT2D eigenvalue weighted by molar-refractivity contribution is 6.30. The van der Waals surface area contributed by atoms with Crippen molar-refractivity contribution in [1.29, 1.82) is 0 Å². The molecule has 0 aliphatic heterocycles. The molecule has 0 bridgehead atoms. The van der Waals surface area contributed by atoms with Crippen LogP contribution in [0.25, 0.3) is 11.2 Å². The third-order valence-corrected chi connectivity index (χ3v) is 4.56. The van der Waals surface area contributed by atoms with Crippen molar-refractivity contribution >= 4 is 28.7 Å². The van der Waals surface area contributed by atoms with E-state index in [0.717, 1.165) is 10.1 Å². The standard InChI is InChI=1S/C17H20ClN5O4/c1-21-14-13(15(26)22(2)17(21)27)23(8-10-3-5-11(18)6-4-10)16(20-14)19-7-12(25)9-24/h3-6,12,24-25H,7-9H2,1-2H3,(H,19,20)/t12-/m0/s1. The van der Waals surface area contributed by atoms with E-state index in [9.17, 15) is 14.7 Å². The van der Waals surface area contributed by atoms with Crippen LogP contribution in [0.4, 0.5) is 5.95 Å². The number of aromatic nitrogens is 4. The van der Waals surface area contributed by atoms with Crippen molar-refractivity contribution < 1.29 is 10.2 Å². The van der Waals surface area contributed by atoms with Crippen molar-refractivity contribution in [3.8, 4) is 0 Å². The van der Waals surface area contributed by atoms with Crippen LogP contribution < -0.4 is 16.6 Å². The first-order valence-electron chi connectivity index (χ1n) is 8.27. The molecule has 0 unspecified atom stereocenters. The van der Waals surface area contributed by atoms with Gasteiger partial charge in [0.25, 0.3) is 5.56 Å². The van der Waals surface area contributed by atoms with Gasteiger partial charge < -0.3 is 15.5 Å². The zero-order chi connectivity index (χ0) is 19.7. The van der Waals surface area contributed by atoms with Crippen molar-refractivity contribution in [2.75, 3.05) is 18.5 Å². The van der Waals surface area contributed by atoms with E-state index in [2.05, 4.69) is 10.3 Å². The Bertz CT molecular complexity index is 1080. The molecule has 2 heterocycles. The highest BCUT2D eigenvalue weighted by atomic mass is 35.5. The molecule has 0 saturated carbocycles. The van der Waals surface area contributed by atoms with E-state index in [-0.39, 0.29) is 17.7 Å². The average Bonchev–Trinajstić information content (AvgIpc) is 3.02. The number of rotatable bonds is 6. The summed E-state index contributed by atoms with van der Waals surface area (Å²) < 4.78 is 3.96. The average molecular weight is 394 g/mol. The van der Waals surface area contributed by atoms with Gasteiger partial charge in [-0.3, -0.25) is 18.5 Å². The Kier molecular flexibility index (Phi) is 5.36. The van der Waals surface area contributed by atoms with E-state index >= 15 is 0 Å². The van der Waals surface area contributed by atoms with Crippen molar-refractivity contribution in [3.05, 3.63) is 55.7 Å². The van der Waals surface area contributed by atoms with Crippen molar-refractivity contribution in [2.45, 2.75) is 12.6 Å². The zero-order valence-corrected chi connectivity index (χ0v) is 15.6. The van der Waals surface area contributed by atoms with Crippen LogP contribution in [0.3, 0.4) is 0 Å². The lowest BCUT2D eigenvalue weighted by atomic mass is 10.2. The summed E-state index contributed by atoms with van der Waals surface area (Å²) in [6.45, 7) is -0.0714.